The molecule has 9 nitrogen and oxygen atoms in total. The minimum absolute atomic E-state index is 0.0697. The van der Waals surface area contributed by atoms with Gasteiger partial charge in [0.15, 0.2) is 0 Å². The number of ether oxygens (including phenoxy) is 1. The predicted octanol–water partition coefficient (Wildman–Crippen LogP) is 2.40. The fourth-order valence-corrected chi connectivity index (χ4v) is 7.08. The van der Waals surface area contributed by atoms with Gasteiger partial charge < -0.3 is 10.1 Å². The standard InChI is InChI=1S/C22H26ClN3O6S2/c23-18-3-7-20(8-4-18)34(30,31)26-11-1-2-17(16-26)22(27)24-19-5-9-21(10-6-19)33(28,29)25-12-14-32-15-13-25/h3-10,17H,1-2,11-16H2,(H,24,27)/t17-/m1/s1. The lowest BCUT2D eigenvalue weighted by Gasteiger charge is -2.31. The maximum atomic E-state index is 13.0. The summed E-state index contributed by atoms with van der Waals surface area (Å²) in [5, 5.41) is 3.23. The molecule has 0 spiro atoms. The number of rotatable bonds is 6. The van der Waals surface area contributed by atoms with Gasteiger partial charge in [0.1, 0.15) is 0 Å². The Morgan fingerprint density at radius 2 is 1.41 bits per heavy atom. The van der Waals surface area contributed by atoms with Crippen LogP contribution in [0.3, 0.4) is 0 Å². The van der Waals surface area contributed by atoms with Gasteiger partial charge in [-0.1, -0.05) is 11.6 Å². The van der Waals surface area contributed by atoms with Crippen LogP contribution in [0.25, 0.3) is 0 Å². The number of carbonyl (C=O) groups is 1. The molecule has 2 fully saturated rings. The van der Waals surface area contributed by atoms with Gasteiger partial charge in [-0.25, -0.2) is 16.8 Å². The van der Waals surface area contributed by atoms with Crippen molar-refractivity contribution in [3.05, 3.63) is 53.6 Å². The normalized spacial score (nSPS) is 20.7. The molecule has 0 saturated carbocycles. The van der Waals surface area contributed by atoms with E-state index in [9.17, 15) is 21.6 Å². The minimum atomic E-state index is -3.74. The summed E-state index contributed by atoms with van der Waals surface area (Å²) < 4.78 is 59.3. The highest BCUT2D eigenvalue weighted by molar-refractivity contribution is 7.89. The van der Waals surface area contributed by atoms with E-state index in [0.29, 0.717) is 56.4 Å². The molecule has 184 valence electrons. The van der Waals surface area contributed by atoms with Crippen LogP contribution in [0.4, 0.5) is 5.69 Å². The molecule has 2 aromatic rings. The highest BCUT2D eigenvalue weighted by Gasteiger charge is 2.33. The molecule has 0 radical (unpaired) electrons. The van der Waals surface area contributed by atoms with Gasteiger partial charge in [0.25, 0.3) is 0 Å². The number of piperidine rings is 1. The molecule has 0 aromatic heterocycles. The molecule has 1 N–H and O–H groups in total. The molecule has 2 heterocycles. The van der Waals surface area contributed by atoms with E-state index in [1.165, 1.54) is 57.1 Å². The number of nitrogens with zero attached hydrogens (tertiary/aromatic N) is 2. The lowest BCUT2D eigenvalue weighted by atomic mass is 9.99. The Labute approximate surface area is 204 Å². The average Bonchev–Trinajstić information content (AvgIpc) is 2.85. The summed E-state index contributed by atoms with van der Waals surface area (Å²) in [4.78, 5) is 13.1. The first-order valence-electron chi connectivity index (χ1n) is 10.9. The fourth-order valence-electron chi connectivity index (χ4n) is 4.02. The number of morpholine rings is 1. The van der Waals surface area contributed by atoms with Crippen LogP contribution in [0, 0.1) is 5.92 Å². The lowest BCUT2D eigenvalue weighted by Crippen LogP contribution is -2.43. The number of sulfonamides is 2. The molecule has 2 saturated heterocycles. The van der Waals surface area contributed by atoms with Crippen molar-refractivity contribution in [1.29, 1.82) is 0 Å². The van der Waals surface area contributed by atoms with E-state index < -0.39 is 26.0 Å². The Balaban J connectivity index is 1.41. The topological polar surface area (TPSA) is 113 Å². The molecule has 2 aliphatic heterocycles. The van der Waals surface area contributed by atoms with Crippen molar-refractivity contribution in [3.8, 4) is 0 Å². The molecule has 2 aromatic carbocycles. The monoisotopic (exact) mass is 527 g/mol. The highest BCUT2D eigenvalue weighted by Crippen LogP contribution is 2.26. The Bertz CT molecular complexity index is 1230. The van der Waals surface area contributed by atoms with Gasteiger partial charge in [-0.2, -0.15) is 8.61 Å². The second kappa shape index (κ2) is 10.3. The van der Waals surface area contributed by atoms with Crippen molar-refractivity contribution >= 4 is 43.2 Å². The minimum Gasteiger partial charge on any atom is -0.379 e. The number of halogens is 1. The summed E-state index contributed by atoms with van der Waals surface area (Å²) in [6.45, 7) is 1.73. The maximum absolute atomic E-state index is 13.0. The first kappa shape index (κ1) is 25.1. The van der Waals surface area contributed by atoms with Crippen molar-refractivity contribution in [2.75, 3.05) is 44.7 Å². The molecule has 0 bridgehead atoms. The van der Waals surface area contributed by atoms with Gasteiger partial charge in [-0.15, -0.1) is 0 Å². The predicted molar refractivity (Wildman–Crippen MR) is 128 cm³/mol. The first-order chi connectivity index (χ1) is 16.2. The number of nitrogens with one attached hydrogen (secondary N) is 1. The summed E-state index contributed by atoms with van der Waals surface area (Å²) in [5.41, 5.74) is 0.448. The average molecular weight is 528 g/mol. The van der Waals surface area contributed by atoms with Crippen LogP contribution in [0.15, 0.2) is 58.3 Å². The second-order valence-corrected chi connectivity index (χ2v) is 12.5. The molecule has 1 amide bonds. The third-order valence-corrected chi connectivity index (χ3v) is 9.98. The van der Waals surface area contributed by atoms with Gasteiger partial charge in [0, 0.05) is 36.9 Å². The summed E-state index contributed by atoms with van der Waals surface area (Å²) in [7, 11) is -7.36. The number of carbonyl (C=O) groups excluding carboxylic acids is 1. The number of hydrogen-bond donors (Lipinski definition) is 1. The Morgan fingerprint density at radius 3 is 2.03 bits per heavy atom. The number of anilines is 1. The molecule has 0 aliphatic carbocycles. The van der Waals surface area contributed by atoms with Gasteiger partial charge in [-0.05, 0) is 61.4 Å². The van der Waals surface area contributed by atoms with E-state index in [1.807, 2.05) is 0 Å². The zero-order valence-electron chi connectivity index (χ0n) is 18.4. The smallest absolute Gasteiger partial charge is 0.243 e. The van der Waals surface area contributed by atoms with Gasteiger partial charge >= 0.3 is 0 Å². The van der Waals surface area contributed by atoms with Crippen molar-refractivity contribution < 1.29 is 26.4 Å². The van der Waals surface area contributed by atoms with Gasteiger partial charge in [0.2, 0.25) is 26.0 Å². The third kappa shape index (κ3) is 5.45. The zero-order chi connectivity index (χ0) is 24.3. The SMILES string of the molecule is O=C(Nc1ccc(S(=O)(=O)N2CCOCC2)cc1)[C@@H]1CCCN(S(=O)(=O)c2ccc(Cl)cc2)C1. The van der Waals surface area contributed by atoms with Crippen LogP contribution in [-0.4, -0.2) is 70.7 Å². The first-order valence-corrected chi connectivity index (χ1v) is 14.2. The Hall–Kier alpha value is -2.02. The van der Waals surface area contributed by atoms with Gasteiger partial charge in [0.05, 0.1) is 28.9 Å². The molecule has 4 rings (SSSR count). The molecule has 0 unspecified atom stereocenters. The molecular formula is C22H26ClN3O6S2. The second-order valence-electron chi connectivity index (χ2n) is 8.19. The van der Waals surface area contributed by atoms with Crippen molar-refractivity contribution in [1.82, 2.24) is 8.61 Å². The summed E-state index contributed by atoms with van der Waals surface area (Å²) in [6, 6.07) is 11.9. The zero-order valence-corrected chi connectivity index (χ0v) is 20.8. The number of hydrogen-bond acceptors (Lipinski definition) is 6. The quantitative estimate of drug-likeness (QED) is 0.617. The van der Waals surface area contributed by atoms with E-state index in [0.717, 1.165) is 0 Å². The van der Waals surface area contributed by atoms with E-state index in [4.69, 9.17) is 16.3 Å². The van der Waals surface area contributed by atoms with Crippen molar-refractivity contribution in [3.63, 3.8) is 0 Å². The number of amides is 1. The lowest BCUT2D eigenvalue weighted by molar-refractivity contribution is -0.120. The molecular weight excluding hydrogens is 502 g/mol. The van der Waals surface area contributed by atoms with Gasteiger partial charge in [-0.3, -0.25) is 4.79 Å². The molecule has 34 heavy (non-hydrogen) atoms. The van der Waals surface area contributed by atoms with E-state index in [2.05, 4.69) is 5.32 Å². The summed E-state index contributed by atoms with van der Waals surface area (Å²) >= 11 is 5.86. The highest BCUT2D eigenvalue weighted by atomic mass is 35.5. The Kier molecular flexibility index (Phi) is 7.60. The molecule has 12 heteroatoms. The summed E-state index contributed by atoms with van der Waals surface area (Å²) in [6.07, 6.45) is 1.11. The number of benzene rings is 2. The maximum Gasteiger partial charge on any atom is 0.243 e. The molecule has 1 atom stereocenters. The van der Waals surface area contributed by atoms with E-state index in [1.54, 1.807) is 0 Å². The van der Waals surface area contributed by atoms with Crippen molar-refractivity contribution in [2.45, 2.75) is 22.6 Å². The largest absolute Gasteiger partial charge is 0.379 e. The summed E-state index contributed by atoms with van der Waals surface area (Å²) in [5.74, 6) is -0.827. The van der Waals surface area contributed by atoms with Crippen LogP contribution in [0.5, 0.6) is 0 Å². The third-order valence-electron chi connectivity index (χ3n) is 5.94. The van der Waals surface area contributed by atoms with Crippen LogP contribution in [-0.2, 0) is 29.6 Å². The molecule has 2 aliphatic rings. The van der Waals surface area contributed by atoms with Crippen LogP contribution in [0.2, 0.25) is 5.02 Å². The van der Waals surface area contributed by atoms with E-state index >= 15 is 0 Å². The fraction of sp³-hybridized carbons (Fsp3) is 0.409. The van der Waals surface area contributed by atoms with Crippen LogP contribution in [0.1, 0.15) is 12.8 Å². The Morgan fingerprint density at radius 1 is 0.853 bits per heavy atom. The van der Waals surface area contributed by atoms with Crippen LogP contribution >= 0.6 is 11.6 Å². The van der Waals surface area contributed by atoms with E-state index in [-0.39, 0.29) is 22.2 Å². The van der Waals surface area contributed by atoms with Crippen LogP contribution < -0.4 is 5.32 Å². The van der Waals surface area contributed by atoms with Crippen molar-refractivity contribution in [2.24, 2.45) is 5.92 Å².